The van der Waals surface area contributed by atoms with Crippen LogP contribution in [0.2, 0.25) is 0 Å². The summed E-state index contributed by atoms with van der Waals surface area (Å²) in [6.45, 7) is 8.71. The molecule has 1 nitrogen and oxygen atoms in total. The van der Waals surface area contributed by atoms with E-state index < -0.39 is 0 Å². The Morgan fingerprint density at radius 3 is 2.67 bits per heavy atom. The predicted octanol–water partition coefficient (Wildman–Crippen LogP) is 3.93. The van der Waals surface area contributed by atoms with Gasteiger partial charge in [0, 0.05) is 4.47 Å². The Morgan fingerprint density at radius 1 is 1.47 bits per heavy atom. The lowest BCUT2D eigenvalue weighted by Crippen LogP contribution is -2.21. The SMILES string of the molecule is Cc1cc(Br)c2c(c1O)CC(C)C2(C)C. The fraction of sp³-hybridized carbons (Fsp3) is 0.538. The monoisotopic (exact) mass is 268 g/mol. The van der Waals surface area contributed by atoms with Crippen LogP contribution in [0.5, 0.6) is 5.75 Å². The molecule has 82 valence electrons. The molecular formula is C13H17BrO. The van der Waals surface area contributed by atoms with E-state index in [-0.39, 0.29) is 5.41 Å². The fourth-order valence-electron chi connectivity index (χ4n) is 2.53. The van der Waals surface area contributed by atoms with E-state index in [1.807, 2.05) is 13.0 Å². The van der Waals surface area contributed by atoms with Crippen LogP contribution in [-0.2, 0) is 11.8 Å². The van der Waals surface area contributed by atoms with Gasteiger partial charge in [-0.05, 0) is 47.4 Å². The van der Waals surface area contributed by atoms with Gasteiger partial charge in [0.05, 0.1) is 0 Å². The summed E-state index contributed by atoms with van der Waals surface area (Å²) in [4.78, 5) is 0. The molecule has 2 rings (SSSR count). The largest absolute Gasteiger partial charge is 0.507 e. The van der Waals surface area contributed by atoms with Crippen molar-refractivity contribution in [2.24, 2.45) is 5.92 Å². The highest BCUT2D eigenvalue weighted by atomic mass is 79.9. The van der Waals surface area contributed by atoms with Crippen molar-refractivity contribution in [1.29, 1.82) is 0 Å². The minimum Gasteiger partial charge on any atom is -0.507 e. The van der Waals surface area contributed by atoms with E-state index in [0.29, 0.717) is 11.7 Å². The summed E-state index contributed by atoms with van der Waals surface area (Å²) < 4.78 is 1.14. The molecule has 1 unspecified atom stereocenters. The first-order valence-corrected chi connectivity index (χ1v) is 6.16. The summed E-state index contributed by atoms with van der Waals surface area (Å²) in [5.74, 6) is 1.07. The van der Waals surface area contributed by atoms with Crippen molar-refractivity contribution in [3.05, 3.63) is 27.2 Å². The van der Waals surface area contributed by atoms with Crippen LogP contribution in [0.15, 0.2) is 10.5 Å². The van der Waals surface area contributed by atoms with Crippen LogP contribution in [0.1, 0.15) is 37.5 Å². The van der Waals surface area contributed by atoms with Gasteiger partial charge < -0.3 is 5.11 Å². The Morgan fingerprint density at radius 2 is 2.07 bits per heavy atom. The molecule has 0 saturated carbocycles. The lowest BCUT2D eigenvalue weighted by Gasteiger charge is -2.26. The van der Waals surface area contributed by atoms with E-state index in [1.165, 1.54) is 5.56 Å². The van der Waals surface area contributed by atoms with E-state index in [0.717, 1.165) is 22.0 Å². The summed E-state index contributed by atoms with van der Waals surface area (Å²) in [7, 11) is 0. The zero-order valence-electron chi connectivity index (χ0n) is 9.69. The summed E-state index contributed by atoms with van der Waals surface area (Å²) in [5, 5.41) is 10.1. The highest BCUT2D eigenvalue weighted by Gasteiger charge is 2.39. The van der Waals surface area contributed by atoms with Gasteiger partial charge in [0.15, 0.2) is 0 Å². The molecule has 0 spiro atoms. The molecule has 1 aromatic rings. The van der Waals surface area contributed by atoms with Crippen LogP contribution < -0.4 is 0 Å². The van der Waals surface area contributed by atoms with Crippen molar-refractivity contribution in [2.75, 3.05) is 0 Å². The summed E-state index contributed by atoms with van der Waals surface area (Å²) in [6, 6.07) is 2.02. The normalized spacial score (nSPS) is 22.9. The number of benzene rings is 1. The van der Waals surface area contributed by atoms with Crippen molar-refractivity contribution in [1.82, 2.24) is 0 Å². The molecule has 1 aromatic carbocycles. The van der Waals surface area contributed by atoms with Crippen molar-refractivity contribution >= 4 is 15.9 Å². The molecule has 0 bridgehead atoms. The summed E-state index contributed by atoms with van der Waals surface area (Å²) in [5.41, 5.74) is 3.54. The average molecular weight is 269 g/mol. The standard InChI is InChI=1S/C13H17BrO/c1-7-5-10(14)11-9(12(7)15)6-8(2)13(11,3)4/h5,8,15H,6H2,1-4H3. The van der Waals surface area contributed by atoms with E-state index in [2.05, 4.69) is 36.7 Å². The second kappa shape index (κ2) is 3.24. The van der Waals surface area contributed by atoms with Crippen LogP contribution >= 0.6 is 15.9 Å². The average Bonchev–Trinajstić information content (AvgIpc) is 2.35. The Kier molecular flexibility index (Phi) is 2.38. The molecule has 15 heavy (non-hydrogen) atoms. The minimum absolute atomic E-state index is 0.152. The molecule has 0 heterocycles. The van der Waals surface area contributed by atoms with Crippen molar-refractivity contribution in [3.8, 4) is 5.75 Å². The van der Waals surface area contributed by atoms with Crippen LogP contribution in [0.25, 0.3) is 0 Å². The minimum atomic E-state index is 0.152. The second-order valence-electron chi connectivity index (χ2n) is 5.20. The molecule has 1 atom stereocenters. The molecule has 0 saturated heterocycles. The van der Waals surface area contributed by atoms with Gasteiger partial charge in [-0.15, -0.1) is 0 Å². The maximum Gasteiger partial charge on any atom is 0.122 e. The van der Waals surface area contributed by atoms with Crippen molar-refractivity contribution < 1.29 is 5.11 Å². The highest BCUT2D eigenvalue weighted by molar-refractivity contribution is 9.10. The third-order valence-corrected chi connectivity index (χ3v) is 4.56. The number of hydrogen-bond acceptors (Lipinski definition) is 1. The van der Waals surface area contributed by atoms with Crippen LogP contribution in [-0.4, -0.2) is 5.11 Å². The van der Waals surface area contributed by atoms with Gasteiger partial charge in [0.25, 0.3) is 0 Å². The molecule has 0 fully saturated rings. The van der Waals surface area contributed by atoms with Crippen molar-refractivity contribution in [2.45, 2.75) is 39.5 Å². The molecular weight excluding hydrogens is 252 g/mol. The van der Waals surface area contributed by atoms with Gasteiger partial charge in [0.2, 0.25) is 0 Å². The number of fused-ring (bicyclic) bond motifs is 1. The molecule has 1 N–H and O–H groups in total. The Bertz CT molecular complexity index is 421. The summed E-state index contributed by atoms with van der Waals surface area (Å²) in [6.07, 6.45) is 0.981. The van der Waals surface area contributed by atoms with E-state index in [1.54, 1.807) is 0 Å². The zero-order valence-corrected chi connectivity index (χ0v) is 11.3. The zero-order chi connectivity index (χ0) is 11.4. The van der Waals surface area contributed by atoms with E-state index >= 15 is 0 Å². The summed E-state index contributed by atoms with van der Waals surface area (Å²) >= 11 is 3.62. The number of aromatic hydroxyl groups is 1. The van der Waals surface area contributed by atoms with Crippen LogP contribution in [0, 0.1) is 12.8 Å². The number of phenolic OH excluding ortho intramolecular Hbond substituents is 1. The predicted molar refractivity (Wildman–Crippen MR) is 66.4 cm³/mol. The van der Waals surface area contributed by atoms with Gasteiger partial charge in [-0.1, -0.05) is 36.7 Å². The number of phenols is 1. The molecule has 1 aliphatic carbocycles. The Hall–Kier alpha value is -0.500. The Labute approximate surface area is 99.6 Å². The third-order valence-electron chi connectivity index (χ3n) is 3.93. The molecule has 0 radical (unpaired) electrons. The lowest BCUT2D eigenvalue weighted by atomic mass is 9.79. The first kappa shape index (κ1) is 11.0. The highest BCUT2D eigenvalue weighted by Crippen LogP contribution is 2.49. The maximum atomic E-state index is 10.1. The first-order chi connectivity index (χ1) is 6.85. The molecule has 0 aliphatic heterocycles. The molecule has 0 amide bonds. The fourth-order valence-corrected chi connectivity index (χ4v) is 3.63. The quantitative estimate of drug-likeness (QED) is 0.756. The lowest BCUT2D eigenvalue weighted by molar-refractivity contribution is 0.377. The van der Waals surface area contributed by atoms with Crippen LogP contribution in [0.3, 0.4) is 0 Å². The van der Waals surface area contributed by atoms with Gasteiger partial charge in [-0.2, -0.15) is 0 Å². The molecule has 2 heteroatoms. The van der Waals surface area contributed by atoms with Crippen LogP contribution in [0.4, 0.5) is 0 Å². The van der Waals surface area contributed by atoms with Gasteiger partial charge >= 0.3 is 0 Å². The molecule has 0 aromatic heterocycles. The number of halogens is 1. The number of hydrogen-bond donors (Lipinski definition) is 1. The van der Waals surface area contributed by atoms with E-state index in [9.17, 15) is 5.11 Å². The smallest absolute Gasteiger partial charge is 0.122 e. The van der Waals surface area contributed by atoms with Gasteiger partial charge in [0.1, 0.15) is 5.75 Å². The van der Waals surface area contributed by atoms with Crippen molar-refractivity contribution in [3.63, 3.8) is 0 Å². The molecule has 1 aliphatic rings. The van der Waals surface area contributed by atoms with E-state index in [4.69, 9.17) is 0 Å². The Balaban J connectivity index is 2.74. The first-order valence-electron chi connectivity index (χ1n) is 5.37. The van der Waals surface area contributed by atoms with Gasteiger partial charge in [-0.25, -0.2) is 0 Å². The second-order valence-corrected chi connectivity index (χ2v) is 6.06. The third kappa shape index (κ3) is 1.42. The number of rotatable bonds is 0. The number of aryl methyl sites for hydroxylation is 1. The topological polar surface area (TPSA) is 20.2 Å². The maximum absolute atomic E-state index is 10.1. The van der Waals surface area contributed by atoms with Gasteiger partial charge in [-0.3, -0.25) is 0 Å².